The Bertz CT molecular complexity index is 929. The van der Waals surface area contributed by atoms with Gasteiger partial charge in [0.1, 0.15) is 0 Å². The molecule has 0 aromatic heterocycles. The van der Waals surface area contributed by atoms with Crippen molar-refractivity contribution in [2.75, 3.05) is 4.72 Å². The molecule has 0 aliphatic heterocycles. The summed E-state index contributed by atoms with van der Waals surface area (Å²) in [6.07, 6.45) is 4.14. The van der Waals surface area contributed by atoms with Crippen molar-refractivity contribution in [3.63, 3.8) is 0 Å². The molecule has 5 heteroatoms. The van der Waals surface area contributed by atoms with Crippen LogP contribution in [-0.2, 0) is 10.0 Å². The van der Waals surface area contributed by atoms with Crippen LogP contribution < -0.4 is 4.72 Å². The minimum Gasteiger partial charge on any atom is -0.310 e. The summed E-state index contributed by atoms with van der Waals surface area (Å²) in [6.45, 7) is 6.26. The van der Waals surface area contributed by atoms with Gasteiger partial charge in [-0.05, 0) is 78.8 Å². The molecular formula is C23H30N2O2S. The summed E-state index contributed by atoms with van der Waals surface area (Å²) in [4.78, 5) is 0.265. The van der Waals surface area contributed by atoms with E-state index < -0.39 is 10.0 Å². The molecule has 28 heavy (non-hydrogen) atoms. The molecule has 0 amide bonds. The number of anilines is 1. The summed E-state index contributed by atoms with van der Waals surface area (Å²) in [5, 5.41) is 8.18. The van der Waals surface area contributed by atoms with Gasteiger partial charge in [-0.3, -0.25) is 4.72 Å². The molecule has 2 aromatic carbocycles. The van der Waals surface area contributed by atoms with Gasteiger partial charge in [0.2, 0.25) is 0 Å². The molecule has 4 nitrogen and oxygen atoms in total. The third kappa shape index (κ3) is 5.44. The standard InChI is InChI=1S/C23H30N2O2S/c1-16(2)19-9-11-23(12-10-19)28(26,27)25-22-6-4-5-20(15-22)17(3)13-21(24)14-18-7-8-18/h4-6,9-12,15-18,24-25H,7-8,13-14H2,1-3H3. The molecule has 2 aromatic rings. The third-order valence-electron chi connectivity index (χ3n) is 5.35. The van der Waals surface area contributed by atoms with Crippen molar-refractivity contribution in [1.29, 1.82) is 5.41 Å². The van der Waals surface area contributed by atoms with Gasteiger partial charge < -0.3 is 5.41 Å². The van der Waals surface area contributed by atoms with Crippen LogP contribution in [0.2, 0.25) is 0 Å². The first kappa shape index (κ1) is 20.6. The average molecular weight is 399 g/mol. The van der Waals surface area contributed by atoms with Crippen molar-refractivity contribution in [3.8, 4) is 0 Å². The predicted octanol–water partition coefficient (Wildman–Crippen LogP) is 5.92. The van der Waals surface area contributed by atoms with Crippen LogP contribution in [0.3, 0.4) is 0 Å². The first-order chi connectivity index (χ1) is 13.2. The molecule has 1 aliphatic carbocycles. The summed E-state index contributed by atoms with van der Waals surface area (Å²) in [5.41, 5.74) is 3.52. The molecule has 1 aliphatic rings. The number of hydrogen-bond acceptors (Lipinski definition) is 3. The molecule has 0 radical (unpaired) electrons. The normalized spacial score (nSPS) is 15.4. The Morgan fingerprint density at radius 2 is 1.75 bits per heavy atom. The lowest BCUT2D eigenvalue weighted by Gasteiger charge is -2.15. The van der Waals surface area contributed by atoms with Crippen LogP contribution in [0.4, 0.5) is 5.69 Å². The second-order valence-corrected chi connectivity index (χ2v) is 9.99. The molecule has 0 saturated heterocycles. The molecule has 0 bridgehead atoms. The average Bonchev–Trinajstić information content (AvgIpc) is 3.45. The second kappa shape index (κ2) is 8.48. The van der Waals surface area contributed by atoms with E-state index in [1.54, 1.807) is 18.2 Å². The number of sulfonamides is 1. The topological polar surface area (TPSA) is 70.0 Å². The van der Waals surface area contributed by atoms with Gasteiger partial charge in [-0.2, -0.15) is 0 Å². The Balaban J connectivity index is 1.69. The van der Waals surface area contributed by atoms with Gasteiger partial charge >= 0.3 is 0 Å². The van der Waals surface area contributed by atoms with E-state index in [1.807, 2.05) is 30.3 Å². The van der Waals surface area contributed by atoms with Crippen molar-refractivity contribution in [3.05, 3.63) is 59.7 Å². The first-order valence-electron chi connectivity index (χ1n) is 10.0. The maximum absolute atomic E-state index is 12.7. The van der Waals surface area contributed by atoms with E-state index in [-0.39, 0.29) is 10.8 Å². The lowest BCUT2D eigenvalue weighted by atomic mass is 9.93. The Labute approximate surface area is 168 Å². The van der Waals surface area contributed by atoms with Crippen molar-refractivity contribution >= 4 is 21.4 Å². The predicted molar refractivity (Wildman–Crippen MR) is 116 cm³/mol. The molecule has 1 unspecified atom stereocenters. The lowest BCUT2D eigenvalue weighted by Crippen LogP contribution is -2.13. The van der Waals surface area contributed by atoms with Crippen LogP contribution in [0.1, 0.15) is 69.4 Å². The molecule has 1 saturated carbocycles. The van der Waals surface area contributed by atoms with Gasteiger partial charge in [0.25, 0.3) is 10.0 Å². The molecule has 150 valence electrons. The molecule has 2 N–H and O–H groups in total. The first-order valence-corrected chi connectivity index (χ1v) is 11.5. The minimum atomic E-state index is -3.62. The Hall–Kier alpha value is -2.14. The highest BCUT2D eigenvalue weighted by Gasteiger charge is 2.23. The van der Waals surface area contributed by atoms with Crippen molar-refractivity contribution in [2.45, 2.75) is 63.2 Å². The highest BCUT2D eigenvalue weighted by Crippen LogP contribution is 2.34. The lowest BCUT2D eigenvalue weighted by molar-refractivity contribution is 0.601. The van der Waals surface area contributed by atoms with Gasteiger partial charge in [0.15, 0.2) is 0 Å². The number of hydrogen-bond donors (Lipinski definition) is 2. The smallest absolute Gasteiger partial charge is 0.261 e. The zero-order valence-corrected chi connectivity index (χ0v) is 17.7. The molecule has 0 heterocycles. The number of benzene rings is 2. The Morgan fingerprint density at radius 1 is 1.07 bits per heavy atom. The largest absolute Gasteiger partial charge is 0.310 e. The van der Waals surface area contributed by atoms with Crippen LogP contribution in [0, 0.1) is 11.3 Å². The highest BCUT2D eigenvalue weighted by molar-refractivity contribution is 7.92. The second-order valence-electron chi connectivity index (χ2n) is 8.31. The van der Waals surface area contributed by atoms with E-state index in [2.05, 4.69) is 25.5 Å². The summed E-state index contributed by atoms with van der Waals surface area (Å²) in [7, 11) is -3.62. The summed E-state index contributed by atoms with van der Waals surface area (Å²) in [6, 6.07) is 14.6. The fraction of sp³-hybridized carbons (Fsp3) is 0.435. The molecule has 1 fully saturated rings. The quantitative estimate of drug-likeness (QED) is 0.514. The summed E-state index contributed by atoms with van der Waals surface area (Å²) >= 11 is 0. The van der Waals surface area contributed by atoms with E-state index in [0.29, 0.717) is 11.6 Å². The maximum Gasteiger partial charge on any atom is 0.261 e. The van der Waals surface area contributed by atoms with Crippen molar-refractivity contribution in [2.24, 2.45) is 5.92 Å². The van der Waals surface area contributed by atoms with Crippen LogP contribution in [0.25, 0.3) is 0 Å². The molecule has 0 spiro atoms. The van der Waals surface area contributed by atoms with Crippen molar-refractivity contribution < 1.29 is 8.42 Å². The van der Waals surface area contributed by atoms with E-state index in [1.165, 1.54) is 12.8 Å². The van der Waals surface area contributed by atoms with E-state index in [0.717, 1.165) is 35.6 Å². The molecular weight excluding hydrogens is 368 g/mol. The summed E-state index contributed by atoms with van der Waals surface area (Å²) < 4.78 is 28.1. The minimum absolute atomic E-state index is 0.195. The van der Waals surface area contributed by atoms with E-state index >= 15 is 0 Å². The van der Waals surface area contributed by atoms with Crippen LogP contribution in [0.15, 0.2) is 53.4 Å². The van der Waals surface area contributed by atoms with Gasteiger partial charge in [-0.15, -0.1) is 0 Å². The van der Waals surface area contributed by atoms with Gasteiger partial charge in [-0.1, -0.05) is 45.0 Å². The van der Waals surface area contributed by atoms with E-state index in [9.17, 15) is 8.42 Å². The fourth-order valence-corrected chi connectivity index (χ4v) is 4.45. The molecule has 3 rings (SSSR count). The zero-order chi connectivity index (χ0) is 20.3. The summed E-state index contributed by atoms with van der Waals surface area (Å²) in [5.74, 6) is 1.28. The van der Waals surface area contributed by atoms with Crippen LogP contribution in [0.5, 0.6) is 0 Å². The zero-order valence-electron chi connectivity index (χ0n) is 16.9. The highest BCUT2D eigenvalue weighted by atomic mass is 32.2. The Kier molecular flexibility index (Phi) is 6.23. The van der Waals surface area contributed by atoms with Gasteiger partial charge in [0.05, 0.1) is 4.90 Å². The maximum atomic E-state index is 12.7. The monoisotopic (exact) mass is 398 g/mol. The van der Waals surface area contributed by atoms with Gasteiger partial charge in [0, 0.05) is 11.4 Å². The molecule has 1 atom stereocenters. The van der Waals surface area contributed by atoms with Crippen LogP contribution >= 0.6 is 0 Å². The SMILES string of the molecule is CC(C)c1ccc(S(=O)(=O)Nc2cccc(C(C)CC(=N)CC3CC3)c2)cc1. The fourth-order valence-electron chi connectivity index (χ4n) is 3.40. The van der Waals surface area contributed by atoms with Crippen LogP contribution in [-0.4, -0.2) is 14.1 Å². The van der Waals surface area contributed by atoms with E-state index in [4.69, 9.17) is 5.41 Å². The Morgan fingerprint density at radius 3 is 2.36 bits per heavy atom. The number of nitrogens with one attached hydrogen (secondary N) is 2. The third-order valence-corrected chi connectivity index (χ3v) is 6.75. The number of rotatable bonds is 9. The van der Waals surface area contributed by atoms with Gasteiger partial charge in [-0.25, -0.2) is 8.42 Å². The van der Waals surface area contributed by atoms with Crippen molar-refractivity contribution in [1.82, 2.24) is 0 Å².